The summed E-state index contributed by atoms with van der Waals surface area (Å²) in [7, 11) is 0. The van der Waals surface area contributed by atoms with E-state index < -0.39 is 49.5 Å². The van der Waals surface area contributed by atoms with E-state index in [-0.39, 0.29) is 18.5 Å². The molecule has 11 nitrogen and oxygen atoms in total. The highest BCUT2D eigenvalue weighted by molar-refractivity contribution is 5.76. The summed E-state index contributed by atoms with van der Waals surface area (Å²) in [5.41, 5.74) is 0. The largest absolute Gasteiger partial charge is 0.466 e. The van der Waals surface area contributed by atoms with Gasteiger partial charge in [-0.05, 0) is 44.9 Å². The number of allylic oxidation sites excluding steroid dienone is 3. The molecule has 7 unspecified atom stereocenters. The van der Waals surface area contributed by atoms with Crippen LogP contribution < -0.4 is 5.32 Å². The van der Waals surface area contributed by atoms with Gasteiger partial charge in [-0.15, -0.1) is 0 Å². The van der Waals surface area contributed by atoms with Crippen molar-refractivity contribution in [2.24, 2.45) is 0 Å². The van der Waals surface area contributed by atoms with Gasteiger partial charge in [0, 0.05) is 12.8 Å². The van der Waals surface area contributed by atoms with Crippen LogP contribution in [0.2, 0.25) is 0 Å². The van der Waals surface area contributed by atoms with Crippen LogP contribution >= 0.6 is 0 Å². The second kappa shape index (κ2) is 61.8. The molecular formula is C72H137NO10. The van der Waals surface area contributed by atoms with Crippen LogP contribution in [0.15, 0.2) is 24.3 Å². The Kier molecular flexibility index (Phi) is 58.9. The first kappa shape index (κ1) is 79.2. The van der Waals surface area contributed by atoms with Crippen LogP contribution in [0.3, 0.4) is 0 Å². The quantitative estimate of drug-likeness (QED) is 0.0195. The molecule has 1 fully saturated rings. The van der Waals surface area contributed by atoms with Crippen LogP contribution in [0.4, 0.5) is 0 Å². The monoisotopic (exact) mass is 1180 g/mol. The van der Waals surface area contributed by atoms with Gasteiger partial charge in [0.05, 0.1) is 32.0 Å². The van der Waals surface area contributed by atoms with Gasteiger partial charge in [0.1, 0.15) is 24.4 Å². The first-order chi connectivity index (χ1) is 40.7. The van der Waals surface area contributed by atoms with Crippen molar-refractivity contribution in [2.75, 3.05) is 19.8 Å². The second-order valence-electron chi connectivity index (χ2n) is 25.3. The maximum atomic E-state index is 13.1. The SMILES string of the molecule is CCCCCCCCCC/C=C/CC/C=C/C(O)C(COC1OC(CO)C(O)C(O)C1O)NC(=O)CCCCCCCCCCCCCCCCCCCCCCCCCCCCCCCCOC(=O)CCCCCCCCCCCCC. The molecule has 0 aromatic rings. The van der Waals surface area contributed by atoms with E-state index in [0.717, 1.165) is 51.4 Å². The van der Waals surface area contributed by atoms with E-state index in [0.29, 0.717) is 19.4 Å². The molecule has 490 valence electrons. The molecule has 1 heterocycles. The zero-order chi connectivity index (χ0) is 60.2. The molecule has 0 bridgehead atoms. The average Bonchev–Trinajstić information content (AvgIpc) is 3.57. The van der Waals surface area contributed by atoms with Gasteiger partial charge < -0.3 is 45.1 Å². The Morgan fingerprint density at radius 3 is 1.19 bits per heavy atom. The Hall–Kier alpha value is -1.86. The van der Waals surface area contributed by atoms with E-state index in [2.05, 4.69) is 31.3 Å². The molecule has 1 amide bonds. The van der Waals surface area contributed by atoms with Crippen molar-refractivity contribution in [3.63, 3.8) is 0 Å². The molecular weight excluding hydrogens is 1040 g/mol. The van der Waals surface area contributed by atoms with Gasteiger partial charge >= 0.3 is 5.97 Å². The molecule has 11 heteroatoms. The number of ether oxygens (including phenoxy) is 3. The summed E-state index contributed by atoms with van der Waals surface area (Å²) in [6.07, 6.45) is 67.4. The van der Waals surface area contributed by atoms with Gasteiger partial charge in [-0.1, -0.05) is 327 Å². The highest BCUT2D eigenvalue weighted by Crippen LogP contribution is 2.23. The van der Waals surface area contributed by atoms with E-state index in [1.807, 2.05) is 6.08 Å². The van der Waals surface area contributed by atoms with E-state index in [1.165, 1.54) is 283 Å². The van der Waals surface area contributed by atoms with Crippen molar-refractivity contribution in [2.45, 2.75) is 403 Å². The lowest BCUT2D eigenvalue weighted by Gasteiger charge is -2.40. The molecule has 0 radical (unpaired) electrons. The zero-order valence-corrected chi connectivity index (χ0v) is 54.4. The lowest BCUT2D eigenvalue weighted by atomic mass is 9.99. The fourth-order valence-electron chi connectivity index (χ4n) is 11.6. The Bertz CT molecular complexity index is 1430. The smallest absolute Gasteiger partial charge is 0.305 e. The van der Waals surface area contributed by atoms with E-state index in [1.54, 1.807) is 6.08 Å². The van der Waals surface area contributed by atoms with E-state index >= 15 is 0 Å². The number of hydrogen-bond acceptors (Lipinski definition) is 10. The molecule has 1 rings (SSSR count). The number of amides is 1. The van der Waals surface area contributed by atoms with Gasteiger partial charge in [-0.2, -0.15) is 0 Å². The minimum atomic E-state index is -1.57. The molecule has 7 atom stereocenters. The Morgan fingerprint density at radius 1 is 0.434 bits per heavy atom. The fraction of sp³-hybridized carbons (Fsp3) is 0.917. The van der Waals surface area contributed by atoms with Crippen LogP contribution in [-0.4, -0.2) is 100 Å². The summed E-state index contributed by atoms with van der Waals surface area (Å²) in [5.74, 6) is -0.174. The zero-order valence-electron chi connectivity index (χ0n) is 54.4. The Morgan fingerprint density at radius 2 is 0.783 bits per heavy atom. The number of nitrogens with one attached hydrogen (secondary N) is 1. The molecule has 6 N–H and O–H groups in total. The molecule has 1 aliphatic heterocycles. The minimum Gasteiger partial charge on any atom is -0.466 e. The average molecular weight is 1180 g/mol. The molecule has 83 heavy (non-hydrogen) atoms. The molecule has 0 aromatic carbocycles. The van der Waals surface area contributed by atoms with Crippen molar-refractivity contribution in [3.05, 3.63) is 24.3 Å². The van der Waals surface area contributed by atoms with Crippen LogP contribution in [0.5, 0.6) is 0 Å². The van der Waals surface area contributed by atoms with Gasteiger partial charge in [0.15, 0.2) is 6.29 Å². The summed E-state index contributed by atoms with van der Waals surface area (Å²) >= 11 is 0. The third-order valence-corrected chi connectivity index (χ3v) is 17.3. The summed E-state index contributed by atoms with van der Waals surface area (Å²) in [5, 5.41) is 54.5. The minimum absolute atomic E-state index is 0.0118. The number of unbranched alkanes of at least 4 members (excludes halogenated alkanes) is 48. The molecule has 0 spiro atoms. The van der Waals surface area contributed by atoms with Crippen LogP contribution in [0.25, 0.3) is 0 Å². The van der Waals surface area contributed by atoms with Gasteiger partial charge in [-0.25, -0.2) is 0 Å². The second-order valence-corrected chi connectivity index (χ2v) is 25.3. The summed E-state index contributed by atoms with van der Waals surface area (Å²) in [6.45, 7) is 4.36. The molecule has 1 saturated heterocycles. The first-order valence-corrected chi connectivity index (χ1v) is 36.1. The topological polar surface area (TPSA) is 175 Å². The van der Waals surface area contributed by atoms with Crippen LogP contribution in [-0.2, 0) is 23.8 Å². The normalized spacial score (nSPS) is 18.2. The van der Waals surface area contributed by atoms with Crippen molar-refractivity contribution >= 4 is 11.9 Å². The number of hydrogen-bond donors (Lipinski definition) is 6. The lowest BCUT2D eigenvalue weighted by molar-refractivity contribution is -0.302. The van der Waals surface area contributed by atoms with Crippen molar-refractivity contribution in [1.29, 1.82) is 0 Å². The summed E-state index contributed by atoms with van der Waals surface area (Å²) in [4.78, 5) is 25.1. The van der Waals surface area contributed by atoms with Crippen molar-refractivity contribution in [3.8, 4) is 0 Å². The van der Waals surface area contributed by atoms with Crippen LogP contribution in [0, 0.1) is 0 Å². The number of rotatable bonds is 64. The molecule has 0 saturated carbocycles. The van der Waals surface area contributed by atoms with Gasteiger partial charge in [0.2, 0.25) is 5.91 Å². The third kappa shape index (κ3) is 50.8. The summed E-state index contributed by atoms with van der Waals surface area (Å²) in [6, 6.07) is -0.824. The van der Waals surface area contributed by atoms with Crippen molar-refractivity contribution < 1.29 is 49.3 Å². The maximum absolute atomic E-state index is 13.1. The fourth-order valence-corrected chi connectivity index (χ4v) is 11.6. The van der Waals surface area contributed by atoms with E-state index in [4.69, 9.17) is 14.2 Å². The predicted octanol–water partition coefficient (Wildman–Crippen LogP) is 18.4. The van der Waals surface area contributed by atoms with Crippen LogP contribution in [0.1, 0.15) is 361 Å². The number of aliphatic hydroxyl groups is 5. The third-order valence-electron chi connectivity index (χ3n) is 17.3. The Balaban J connectivity index is 1.97. The standard InChI is InChI=1S/C72H137NO10/c1-3-5-7-9-11-13-15-16-35-39-42-46-50-54-58-65(75)64(63-82-72-71(80)70(79)69(78)66(62-74)83-72)73-67(76)59-55-51-47-43-40-36-33-31-29-27-25-23-21-19-17-18-20-22-24-26-28-30-32-34-37-41-45-49-53-57-61-81-68(77)60-56-52-48-44-38-14-12-10-8-6-4-2/h39,42,54,58,64-66,69-72,74-75,78-80H,3-38,40-41,43-53,55-57,59-63H2,1-2H3,(H,73,76)/b42-39+,58-54+. The number of esters is 1. The van der Waals surface area contributed by atoms with Crippen molar-refractivity contribution in [1.82, 2.24) is 5.32 Å². The Labute approximate surface area is 511 Å². The maximum Gasteiger partial charge on any atom is 0.305 e. The highest BCUT2D eigenvalue weighted by Gasteiger charge is 2.44. The number of aliphatic hydroxyl groups excluding tert-OH is 5. The van der Waals surface area contributed by atoms with Gasteiger partial charge in [0.25, 0.3) is 0 Å². The predicted molar refractivity (Wildman–Crippen MR) is 348 cm³/mol. The number of carbonyl (C=O) groups is 2. The highest BCUT2D eigenvalue weighted by atomic mass is 16.7. The molecule has 1 aliphatic rings. The van der Waals surface area contributed by atoms with E-state index in [9.17, 15) is 35.1 Å². The first-order valence-electron chi connectivity index (χ1n) is 36.1. The number of carbonyl (C=O) groups excluding carboxylic acids is 2. The van der Waals surface area contributed by atoms with Gasteiger partial charge in [-0.3, -0.25) is 9.59 Å². The molecule has 0 aromatic heterocycles. The lowest BCUT2D eigenvalue weighted by Crippen LogP contribution is -2.60. The summed E-state index contributed by atoms with van der Waals surface area (Å²) < 4.78 is 16.7. The molecule has 0 aliphatic carbocycles.